The van der Waals surface area contributed by atoms with Crippen LogP contribution >= 0.6 is 0 Å². The number of aryl methyl sites for hydroxylation is 1. The maximum absolute atomic E-state index is 13.3. The highest BCUT2D eigenvalue weighted by atomic mass is 19.1. The summed E-state index contributed by atoms with van der Waals surface area (Å²) in [5.41, 5.74) is -0.670. The minimum atomic E-state index is -1.23. The number of halogens is 2. The Balaban J connectivity index is 2.45. The number of nitrogens with zero attached hydrogens (tertiary/aromatic N) is 3. The molecular weight excluding hydrogens is 246 g/mol. The van der Waals surface area contributed by atoms with Gasteiger partial charge in [-0.2, -0.15) is 9.49 Å². The third-order valence-electron chi connectivity index (χ3n) is 2.19. The Bertz CT molecular complexity index is 612. The third-order valence-corrected chi connectivity index (χ3v) is 2.19. The third kappa shape index (κ3) is 2.26. The van der Waals surface area contributed by atoms with Gasteiger partial charge < -0.3 is 5.32 Å². The van der Waals surface area contributed by atoms with E-state index in [0.717, 1.165) is 6.07 Å². The molecule has 0 aliphatic heterocycles. The van der Waals surface area contributed by atoms with Gasteiger partial charge in [-0.1, -0.05) is 0 Å². The van der Waals surface area contributed by atoms with Crippen LogP contribution in [0.3, 0.4) is 0 Å². The van der Waals surface area contributed by atoms with Crippen molar-refractivity contribution in [3.63, 3.8) is 0 Å². The Labute approximate surface area is 100.0 Å². The summed E-state index contributed by atoms with van der Waals surface area (Å²) in [6.45, 7) is 0. The van der Waals surface area contributed by atoms with E-state index in [1.807, 2.05) is 0 Å². The minimum absolute atomic E-state index is 0.259. The SMILES string of the molecule is Cn1cc(Nc2cc(F)cc(F)c2[N+](=O)[O-])cn1. The maximum atomic E-state index is 13.3. The largest absolute Gasteiger partial charge is 0.347 e. The van der Waals surface area contributed by atoms with E-state index in [2.05, 4.69) is 10.4 Å². The molecule has 0 saturated carbocycles. The molecule has 8 heteroatoms. The Morgan fingerprint density at radius 2 is 2.17 bits per heavy atom. The molecule has 1 aromatic carbocycles. The first kappa shape index (κ1) is 12.0. The van der Waals surface area contributed by atoms with Crippen molar-refractivity contribution in [2.24, 2.45) is 7.05 Å². The average molecular weight is 254 g/mol. The van der Waals surface area contributed by atoms with Crippen LogP contribution in [0, 0.1) is 21.7 Å². The van der Waals surface area contributed by atoms with Gasteiger partial charge >= 0.3 is 5.69 Å². The van der Waals surface area contributed by atoms with Crippen molar-refractivity contribution < 1.29 is 13.7 Å². The van der Waals surface area contributed by atoms with Crippen LogP contribution in [0.2, 0.25) is 0 Å². The molecule has 2 aromatic rings. The van der Waals surface area contributed by atoms with E-state index in [-0.39, 0.29) is 5.69 Å². The van der Waals surface area contributed by atoms with E-state index in [4.69, 9.17) is 0 Å². The highest BCUT2D eigenvalue weighted by Gasteiger charge is 2.22. The number of rotatable bonds is 3. The second kappa shape index (κ2) is 4.40. The summed E-state index contributed by atoms with van der Waals surface area (Å²) >= 11 is 0. The van der Waals surface area contributed by atoms with E-state index in [1.54, 1.807) is 7.05 Å². The molecule has 0 radical (unpaired) electrons. The zero-order chi connectivity index (χ0) is 13.3. The molecule has 2 rings (SSSR count). The van der Waals surface area contributed by atoms with Crippen molar-refractivity contribution in [2.45, 2.75) is 0 Å². The molecule has 0 atom stereocenters. The first-order valence-electron chi connectivity index (χ1n) is 4.86. The second-order valence-electron chi connectivity index (χ2n) is 3.57. The number of nitro groups is 1. The van der Waals surface area contributed by atoms with Crippen molar-refractivity contribution >= 4 is 17.1 Å². The first-order chi connectivity index (χ1) is 8.47. The van der Waals surface area contributed by atoms with Crippen LogP contribution in [0.4, 0.5) is 25.8 Å². The van der Waals surface area contributed by atoms with Crippen LogP contribution in [0.1, 0.15) is 0 Å². The molecule has 0 saturated heterocycles. The predicted octanol–water partition coefficient (Wildman–Crippen LogP) is 2.35. The normalized spacial score (nSPS) is 10.4. The van der Waals surface area contributed by atoms with Crippen LogP contribution in [-0.2, 0) is 7.05 Å². The molecule has 0 spiro atoms. The minimum Gasteiger partial charge on any atom is -0.347 e. The van der Waals surface area contributed by atoms with Gasteiger partial charge in [0.25, 0.3) is 0 Å². The number of nitro benzene ring substituents is 1. The maximum Gasteiger partial charge on any atom is 0.328 e. The highest BCUT2D eigenvalue weighted by Crippen LogP contribution is 2.31. The molecule has 0 amide bonds. The summed E-state index contributed by atoms with van der Waals surface area (Å²) in [5.74, 6) is -2.13. The van der Waals surface area contributed by atoms with E-state index in [0.29, 0.717) is 11.8 Å². The lowest BCUT2D eigenvalue weighted by Gasteiger charge is -2.05. The number of aromatic nitrogens is 2. The van der Waals surface area contributed by atoms with Gasteiger partial charge in [0, 0.05) is 25.4 Å². The topological polar surface area (TPSA) is 73.0 Å². The molecule has 1 heterocycles. The van der Waals surface area contributed by atoms with Crippen molar-refractivity contribution in [2.75, 3.05) is 5.32 Å². The molecule has 0 unspecified atom stereocenters. The van der Waals surface area contributed by atoms with Crippen molar-refractivity contribution in [3.05, 3.63) is 46.3 Å². The molecule has 6 nitrogen and oxygen atoms in total. The molecule has 0 aliphatic carbocycles. The summed E-state index contributed by atoms with van der Waals surface area (Å²) in [4.78, 5) is 9.82. The van der Waals surface area contributed by atoms with Gasteiger partial charge in [0.2, 0.25) is 5.82 Å². The first-order valence-corrected chi connectivity index (χ1v) is 4.86. The fourth-order valence-corrected chi connectivity index (χ4v) is 1.49. The molecule has 94 valence electrons. The van der Waals surface area contributed by atoms with Gasteiger partial charge in [0.15, 0.2) is 0 Å². The Morgan fingerprint density at radius 1 is 1.44 bits per heavy atom. The number of hydrogen-bond donors (Lipinski definition) is 1. The number of benzene rings is 1. The van der Waals surface area contributed by atoms with Crippen molar-refractivity contribution in [1.29, 1.82) is 0 Å². The lowest BCUT2D eigenvalue weighted by molar-refractivity contribution is -0.386. The Morgan fingerprint density at radius 3 is 2.72 bits per heavy atom. The molecule has 0 bridgehead atoms. The molecular formula is C10H8F2N4O2. The van der Waals surface area contributed by atoms with Crippen LogP contribution in [0.5, 0.6) is 0 Å². The summed E-state index contributed by atoms with van der Waals surface area (Å²) in [6, 6.07) is 1.32. The van der Waals surface area contributed by atoms with Gasteiger partial charge in [-0.3, -0.25) is 14.8 Å². The number of anilines is 2. The quantitative estimate of drug-likeness (QED) is 0.674. The number of hydrogen-bond acceptors (Lipinski definition) is 4. The summed E-state index contributed by atoms with van der Waals surface area (Å²) in [7, 11) is 1.64. The van der Waals surface area contributed by atoms with Gasteiger partial charge in [-0.05, 0) is 0 Å². The van der Waals surface area contributed by atoms with Crippen LogP contribution in [0.25, 0.3) is 0 Å². The van der Waals surface area contributed by atoms with E-state index in [9.17, 15) is 18.9 Å². The average Bonchev–Trinajstić information content (AvgIpc) is 2.62. The monoisotopic (exact) mass is 254 g/mol. The zero-order valence-electron chi connectivity index (χ0n) is 9.22. The van der Waals surface area contributed by atoms with Crippen molar-refractivity contribution in [1.82, 2.24) is 9.78 Å². The zero-order valence-corrected chi connectivity index (χ0v) is 9.22. The standard InChI is InChI=1S/C10H8F2N4O2/c1-15-5-7(4-13-15)14-9-3-6(11)2-8(12)10(9)16(17)18/h2-5,14H,1H3. The van der Waals surface area contributed by atoms with E-state index in [1.165, 1.54) is 17.1 Å². The van der Waals surface area contributed by atoms with Crippen LogP contribution in [-0.4, -0.2) is 14.7 Å². The highest BCUT2D eigenvalue weighted by molar-refractivity contribution is 5.69. The Hall–Kier alpha value is -2.51. The van der Waals surface area contributed by atoms with Gasteiger partial charge in [-0.15, -0.1) is 0 Å². The van der Waals surface area contributed by atoms with Gasteiger partial charge in [0.1, 0.15) is 11.5 Å². The fourth-order valence-electron chi connectivity index (χ4n) is 1.49. The van der Waals surface area contributed by atoms with Gasteiger partial charge in [-0.25, -0.2) is 4.39 Å². The molecule has 1 N–H and O–H groups in total. The summed E-state index contributed by atoms with van der Waals surface area (Å²) < 4.78 is 27.8. The Kier molecular flexibility index (Phi) is 2.92. The lowest BCUT2D eigenvalue weighted by Crippen LogP contribution is -2.00. The molecule has 0 aliphatic rings. The number of nitrogens with one attached hydrogen (secondary N) is 1. The second-order valence-corrected chi connectivity index (χ2v) is 3.57. The summed E-state index contributed by atoms with van der Waals surface area (Å²) in [6.07, 6.45) is 2.90. The smallest absolute Gasteiger partial charge is 0.328 e. The lowest BCUT2D eigenvalue weighted by atomic mass is 10.2. The van der Waals surface area contributed by atoms with E-state index < -0.39 is 22.2 Å². The molecule has 1 aromatic heterocycles. The van der Waals surface area contributed by atoms with Crippen LogP contribution < -0.4 is 5.32 Å². The van der Waals surface area contributed by atoms with Crippen molar-refractivity contribution in [3.8, 4) is 0 Å². The summed E-state index contributed by atoms with van der Waals surface area (Å²) in [5, 5.41) is 17.1. The van der Waals surface area contributed by atoms with Gasteiger partial charge in [0.05, 0.1) is 16.8 Å². The molecule has 18 heavy (non-hydrogen) atoms. The predicted molar refractivity (Wildman–Crippen MR) is 59.5 cm³/mol. The van der Waals surface area contributed by atoms with E-state index >= 15 is 0 Å². The van der Waals surface area contributed by atoms with Crippen LogP contribution in [0.15, 0.2) is 24.5 Å². The fraction of sp³-hybridized carbons (Fsp3) is 0.100. The molecule has 0 fully saturated rings.